The molecule has 1 aliphatic heterocycles. The van der Waals surface area contributed by atoms with Gasteiger partial charge in [0, 0.05) is 31.7 Å². The van der Waals surface area contributed by atoms with Crippen molar-refractivity contribution >= 4 is 28.1 Å². The number of nitro groups is 1. The van der Waals surface area contributed by atoms with Crippen molar-refractivity contribution in [3.8, 4) is 0 Å². The van der Waals surface area contributed by atoms with Crippen LogP contribution in [0.2, 0.25) is 0 Å². The lowest BCUT2D eigenvalue weighted by Crippen LogP contribution is -2.51. The fraction of sp³-hybridized carbons (Fsp3) is 0.500. The number of benzene rings is 1. The van der Waals surface area contributed by atoms with Crippen LogP contribution in [0.15, 0.2) is 23.1 Å². The van der Waals surface area contributed by atoms with E-state index in [0.717, 1.165) is 0 Å². The number of hydrogen-bond donors (Lipinski definition) is 1. The molecule has 1 atom stereocenters. The van der Waals surface area contributed by atoms with Crippen molar-refractivity contribution in [2.75, 3.05) is 19.6 Å². The zero-order valence-electron chi connectivity index (χ0n) is 11.8. The number of aryl methyl sites for hydroxylation is 1. The van der Waals surface area contributed by atoms with E-state index < -0.39 is 14.9 Å². The number of nitrogens with zero attached hydrogens (tertiary/aromatic N) is 2. The van der Waals surface area contributed by atoms with Crippen LogP contribution in [-0.2, 0) is 10.0 Å². The number of halogens is 1. The molecule has 0 radical (unpaired) electrons. The van der Waals surface area contributed by atoms with Crippen LogP contribution in [0.4, 0.5) is 5.69 Å². The summed E-state index contributed by atoms with van der Waals surface area (Å²) in [7, 11) is -3.85. The molecule has 1 aromatic carbocycles. The van der Waals surface area contributed by atoms with Crippen LogP contribution in [0.3, 0.4) is 0 Å². The summed E-state index contributed by atoms with van der Waals surface area (Å²) in [5, 5.41) is 14.2. The van der Waals surface area contributed by atoms with Gasteiger partial charge in [-0.3, -0.25) is 10.1 Å². The minimum absolute atomic E-state index is 0. The Bertz CT molecular complexity index is 635. The molecule has 0 unspecified atom stereocenters. The largest absolute Gasteiger partial charge is 0.312 e. The van der Waals surface area contributed by atoms with Crippen molar-refractivity contribution in [2.45, 2.75) is 24.8 Å². The topological polar surface area (TPSA) is 92.5 Å². The number of piperazine rings is 1. The van der Waals surface area contributed by atoms with Crippen LogP contribution in [0, 0.1) is 17.0 Å². The van der Waals surface area contributed by atoms with E-state index in [2.05, 4.69) is 5.32 Å². The van der Waals surface area contributed by atoms with Crippen LogP contribution in [0.5, 0.6) is 0 Å². The van der Waals surface area contributed by atoms with Crippen LogP contribution in [0.1, 0.15) is 12.5 Å². The highest BCUT2D eigenvalue weighted by Gasteiger charge is 2.35. The zero-order chi connectivity index (χ0) is 14.9. The second kappa shape index (κ2) is 6.69. The van der Waals surface area contributed by atoms with Crippen LogP contribution in [-0.4, -0.2) is 43.3 Å². The van der Waals surface area contributed by atoms with Gasteiger partial charge in [0.1, 0.15) is 0 Å². The molecule has 0 spiro atoms. The Morgan fingerprint density at radius 1 is 1.43 bits per heavy atom. The molecule has 0 aromatic heterocycles. The quantitative estimate of drug-likeness (QED) is 0.664. The molecule has 0 aliphatic carbocycles. The van der Waals surface area contributed by atoms with E-state index in [9.17, 15) is 18.5 Å². The highest BCUT2D eigenvalue weighted by Crippen LogP contribution is 2.30. The number of sulfonamides is 1. The number of nitrogens with one attached hydrogen (secondary N) is 1. The summed E-state index contributed by atoms with van der Waals surface area (Å²) >= 11 is 0. The van der Waals surface area contributed by atoms with Crippen molar-refractivity contribution in [2.24, 2.45) is 0 Å². The Kier molecular flexibility index (Phi) is 5.68. The van der Waals surface area contributed by atoms with Gasteiger partial charge in [-0.25, -0.2) is 8.42 Å². The van der Waals surface area contributed by atoms with Crippen LogP contribution >= 0.6 is 12.4 Å². The average molecular weight is 336 g/mol. The molecule has 1 fully saturated rings. The summed E-state index contributed by atoms with van der Waals surface area (Å²) in [5.74, 6) is 0. The Morgan fingerprint density at radius 2 is 2.10 bits per heavy atom. The molecule has 9 heteroatoms. The second-order valence-electron chi connectivity index (χ2n) is 4.90. The van der Waals surface area contributed by atoms with E-state index in [0.29, 0.717) is 25.2 Å². The summed E-state index contributed by atoms with van der Waals surface area (Å²) < 4.78 is 26.7. The van der Waals surface area contributed by atoms with Crippen molar-refractivity contribution < 1.29 is 13.3 Å². The number of nitro benzene ring substituents is 1. The monoisotopic (exact) mass is 335 g/mol. The van der Waals surface area contributed by atoms with Gasteiger partial charge in [-0.15, -0.1) is 12.4 Å². The molecule has 1 N–H and O–H groups in total. The third-order valence-electron chi connectivity index (χ3n) is 3.32. The highest BCUT2D eigenvalue weighted by molar-refractivity contribution is 7.89. The SMILES string of the molecule is Cc1cccc([N+](=O)[O-])c1S(=O)(=O)N1CCN[C@H](C)C1.Cl. The second-order valence-corrected chi connectivity index (χ2v) is 6.77. The maximum absolute atomic E-state index is 12.7. The third kappa shape index (κ3) is 3.52. The van der Waals surface area contributed by atoms with E-state index in [1.165, 1.54) is 16.4 Å². The first kappa shape index (κ1) is 17.8. The maximum atomic E-state index is 12.7. The van der Waals surface area contributed by atoms with Crippen molar-refractivity contribution in [3.05, 3.63) is 33.9 Å². The number of hydrogen-bond acceptors (Lipinski definition) is 5. The standard InChI is InChI=1S/C12H17N3O4S.ClH/c1-9-4-3-5-11(15(16)17)12(9)20(18,19)14-7-6-13-10(2)8-14;/h3-5,10,13H,6-8H2,1-2H3;1H/t10-;/m1./s1. The molecule has 0 bridgehead atoms. The first-order valence-electron chi connectivity index (χ1n) is 6.31. The Labute approximate surface area is 129 Å². The van der Waals surface area contributed by atoms with E-state index in [4.69, 9.17) is 0 Å². The molecular formula is C12H18ClN3O4S. The van der Waals surface area contributed by atoms with Gasteiger partial charge in [0.2, 0.25) is 10.0 Å². The van der Waals surface area contributed by atoms with E-state index >= 15 is 0 Å². The van der Waals surface area contributed by atoms with Gasteiger partial charge in [-0.2, -0.15) is 4.31 Å². The highest BCUT2D eigenvalue weighted by atomic mass is 35.5. The minimum atomic E-state index is -3.85. The van der Waals surface area contributed by atoms with Gasteiger partial charge in [0.15, 0.2) is 4.90 Å². The van der Waals surface area contributed by atoms with Crippen molar-refractivity contribution in [1.82, 2.24) is 9.62 Å². The van der Waals surface area contributed by atoms with Gasteiger partial charge < -0.3 is 5.32 Å². The van der Waals surface area contributed by atoms with Crippen molar-refractivity contribution in [3.63, 3.8) is 0 Å². The Balaban J connectivity index is 0.00000220. The van der Waals surface area contributed by atoms with Gasteiger partial charge in [0.05, 0.1) is 4.92 Å². The number of rotatable bonds is 3. The molecular weight excluding hydrogens is 318 g/mol. The Morgan fingerprint density at radius 3 is 2.67 bits per heavy atom. The van der Waals surface area contributed by atoms with Gasteiger partial charge in [-0.1, -0.05) is 12.1 Å². The van der Waals surface area contributed by atoms with E-state index in [1.807, 2.05) is 6.92 Å². The molecule has 7 nitrogen and oxygen atoms in total. The maximum Gasteiger partial charge on any atom is 0.289 e. The lowest BCUT2D eigenvalue weighted by Gasteiger charge is -2.31. The minimum Gasteiger partial charge on any atom is -0.312 e. The molecule has 2 rings (SSSR count). The Hall–Kier alpha value is -1.22. The van der Waals surface area contributed by atoms with Gasteiger partial charge in [0.25, 0.3) is 5.69 Å². The fourth-order valence-electron chi connectivity index (χ4n) is 2.36. The van der Waals surface area contributed by atoms with Gasteiger partial charge in [-0.05, 0) is 19.4 Å². The summed E-state index contributed by atoms with van der Waals surface area (Å²) in [6, 6.07) is 4.32. The predicted molar refractivity (Wildman–Crippen MR) is 81.3 cm³/mol. The molecule has 1 aliphatic rings. The molecule has 118 valence electrons. The zero-order valence-corrected chi connectivity index (χ0v) is 13.4. The van der Waals surface area contributed by atoms with E-state index in [1.54, 1.807) is 13.0 Å². The van der Waals surface area contributed by atoms with Crippen LogP contribution in [0.25, 0.3) is 0 Å². The van der Waals surface area contributed by atoms with E-state index in [-0.39, 0.29) is 29.0 Å². The third-order valence-corrected chi connectivity index (χ3v) is 5.38. The summed E-state index contributed by atoms with van der Waals surface area (Å²) in [4.78, 5) is 10.2. The molecule has 1 heterocycles. The fourth-order valence-corrected chi connectivity index (χ4v) is 4.25. The lowest BCUT2D eigenvalue weighted by atomic mass is 10.2. The molecule has 0 saturated carbocycles. The average Bonchev–Trinajstić information content (AvgIpc) is 2.38. The summed E-state index contributed by atoms with van der Waals surface area (Å²) in [5.41, 5.74) is 0.0292. The predicted octanol–water partition coefficient (Wildman–Crippen LogP) is 1.31. The summed E-state index contributed by atoms with van der Waals surface area (Å²) in [6.45, 7) is 4.63. The lowest BCUT2D eigenvalue weighted by molar-refractivity contribution is -0.387. The van der Waals surface area contributed by atoms with Crippen LogP contribution < -0.4 is 5.32 Å². The smallest absolute Gasteiger partial charge is 0.289 e. The molecule has 1 saturated heterocycles. The first-order chi connectivity index (χ1) is 9.34. The molecule has 1 aromatic rings. The molecule has 0 amide bonds. The normalized spacial score (nSPS) is 19.8. The molecule has 21 heavy (non-hydrogen) atoms. The summed E-state index contributed by atoms with van der Waals surface area (Å²) in [6.07, 6.45) is 0. The van der Waals surface area contributed by atoms with Crippen molar-refractivity contribution in [1.29, 1.82) is 0 Å². The van der Waals surface area contributed by atoms with Gasteiger partial charge >= 0.3 is 0 Å². The first-order valence-corrected chi connectivity index (χ1v) is 7.75.